The number of nitrogens with zero attached hydrogens (tertiary/aromatic N) is 4. The zero-order chi connectivity index (χ0) is 26.7. The maximum Gasteiger partial charge on any atom is 0.434 e. The summed E-state index contributed by atoms with van der Waals surface area (Å²) in [5.41, 5.74) is -0.717. The van der Waals surface area contributed by atoms with Crippen molar-refractivity contribution in [2.75, 3.05) is 18.0 Å². The van der Waals surface area contributed by atoms with E-state index in [4.69, 9.17) is 11.6 Å². The van der Waals surface area contributed by atoms with Crippen LogP contribution in [0.3, 0.4) is 0 Å². The van der Waals surface area contributed by atoms with Crippen molar-refractivity contribution in [2.45, 2.75) is 50.1 Å². The number of rotatable bonds is 5. The SMILES string of the molecule is Cc1nn(C2CCN(c3ccc(Cl)c(C(F)(F)F)n3)CC2)c2cc(F)c(C(=O)OS(=O)(=O)C3CC3)cc12. The van der Waals surface area contributed by atoms with Crippen LogP contribution in [0.25, 0.3) is 10.9 Å². The number of hydrogen-bond donors (Lipinski definition) is 0. The van der Waals surface area contributed by atoms with Crippen LogP contribution in [0.2, 0.25) is 5.02 Å². The molecule has 3 aromatic rings. The van der Waals surface area contributed by atoms with Gasteiger partial charge in [0.05, 0.1) is 33.1 Å². The number of anilines is 1. The first kappa shape index (κ1) is 25.7. The van der Waals surface area contributed by atoms with Crippen molar-refractivity contribution in [3.8, 4) is 0 Å². The van der Waals surface area contributed by atoms with Gasteiger partial charge >= 0.3 is 22.3 Å². The van der Waals surface area contributed by atoms with Crippen LogP contribution in [-0.4, -0.2) is 47.5 Å². The highest BCUT2D eigenvalue weighted by molar-refractivity contribution is 7.88. The molecule has 37 heavy (non-hydrogen) atoms. The van der Waals surface area contributed by atoms with Crippen LogP contribution in [0.1, 0.15) is 53.5 Å². The van der Waals surface area contributed by atoms with E-state index < -0.39 is 49.6 Å². The number of benzene rings is 1. The number of halogens is 5. The molecule has 5 rings (SSSR count). The molecule has 0 atom stereocenters. The van der Waals surface area contributed by atoms with Crippen LogP contribution in [0.5, 0.6) is 0 Å². The Hall–Kier alpha value is -2.93. The van der Waals surface area contributed by atoms with Gasteiger partial charge in [-0.1, -0.05) is 11.6 Å². The number of hydrogen-bond acceptors (Lipinski definition) is 7. The lowest BCUT2D eigenvalue weighted by Gasteiger charge is -2.33. The molecular formula is C23H21ClF4N4O4S. The number of pyridine rings is 1. The molecule has 0 radical (unpaired) electrons. The van der Waals surface area contributed by atoms with Gasteiger partial charge in [0.2, 0.25) is 0 Å². The summed E-state index contributed by atoms with van der Waals surface area (Å²) in [6, 6.07) is 4.78. The van der Waals surface area contributed by atoms with Crippen molar-refractivity contribution in [1.29, 1.82) is 0 Å². The average Bonchev–Trinajstić information content (AvgIpc) is 3.64. The van der Waals surface area contributed by atoms with Crippen molar-refractivity contribution >= 4 is 44.4 Å². The third-order valence-electron chi connectivity index (χ3n) is 6.56. The molecule has 0 amide bonds. The quantitative estimate of drug-likeness (QED) is 0.319. The van der Waals surface area contributed by atoms with Crippen molar-refractivity contribution in [2.24, 2.45) is 0 Å². The molecule has 1 aromatic carbocycles. The monoisotopic (exact) mass is 560 g/mol. The molecule has 8 nitrogen and oxygen atoms in total. The second kappa shape index (κ2) is 9.12. The number of alkyl halides is 3. The summed E-state index contributed by atoms with van der Waals surface area (Å²) in [7, 11) is -4.08. The van der Waals surface area contributed by atoms with Crippen molar-refractivity contribution < 1.29 is 35.0 Å². The molecule has 2 aliphatic rings. The number of fused-ring (bicyclic) bond motifs is 1. The van der Waals surface area contributed by atoms with Crippen LogP contribution in [0, 0.1) is 12.7 Å². The summed E-state index contributed by atoms with van der Waals surface area (Å²) in [4.78, 5) is 17.8. The molecule has 1 saturated heterocycles. The van der Waals surface area contributed by atoms with E-state index in [9.17, 15) is 30.8 Å². The van der Waals surface area contributed by atoms with E-state index in [2.05, 4.69) is 14.3 Å². The predicted molar refractivity (Wildman–Crippen MR) is 127 cm³/mol. The lowest BCUT2D eigenvalue weighted by atomic mass is 10.0. The Labute approximate surface area is 214 Å². The van der Waals surface area contributed by atoms with E-state index in [-0.39, 0.29) is 11.9 Å². The molecule has 2 aromatic heterocycles. The number of aromatic nitrogens is 3. The third kappa shape index (κ3) is 4.98. The van der Waals surface area contributed by atoms with E-state index in [1.54, 1.807) is 16.5 Å². The molecule has 0 spiro atoms. The van der Waals surface area contributed by atoms with Gasteiger partial charge in [-0.05, 0) is 50.8 Å². The van der Waals surface area contributed by atoms with Gasteiger partial charge < -0.3 is 9.08 Å². The van der Waals surface area contributed by atoms with E-state index in [0.717, 1.165) is 6.07 Å². The van der Waals surface area contributed by atoms with Gasteiger partial charge in [-0.15, -0.1) is 0 Å². The molecule has 2 fully saturated rings. The Kier molecular flexibility index (Phi) is 6.34. The van der Waals surface area contributed by atoms with Crippen LogP contribution in [0.4, 0.5) is 23.4 Å². The summed E-state index contributed by atoms with van der Waals surface area (Å²) in [6.07, 6.45) is -2.88. The largest absolute Gasteiger partial charge is 0.434 e. The van der Waals surface area contributed by atoms with Crippen molar-refractivity contribution in [3.63, 3.8) is 0 Å². The second-order valence-electron chi connectivity index (χ2n) is 9.16. The molecule has 1 aliphatic carbocycles. The summed E-state index contributed by atoms with van der Waals surface area (Å²) < 4.78 is 84.7. The van der Waals surface area contributed by atoms with Gasteiger partial charge in [0.15, 0.2) is 5.69 Å². The summed E-state index contributed by atoms with van der Waals surface area (Å²) in [6.45, 7) is 2.43. The van der Waals surface area contributed by atoms with Gasteiger partial charge in [0.1, 0.15) is 11.6 Å². The fourth-order valence-electron chi connectivity index (χ4n) is 4.47. The maximum absolute atomic E-state index is 14.9. The molecule has 3 heterocycles. The van der Waals surface area contributed by atoms with E-state index >= 15 is 0 Å². The number of carbonyl (C=O) groups excluding carboxylic acids is 1. The minimum atomic E-state index is -4.67. The van der Waals surface area contributed by atoms with Crippen molar-refractivity contribution in [3.05, 3.63) is 52.1 Å². The first-order valence-electron chi connectivity index (χ1n) is 11.5. The van der Waals surface area contributed by atoms with E-state index in [1.807, 2.05) is 0 Å². The Bertz CT molecular complexity index is 1500. The normalized spacial score (nSPS) is 17.4. The summed E-state index contributed by atoms with van der Waals surface area (Å²) in [5, 5.41) is 3.76. The first-order valence-corrected chi connectivity index (χ1v) is 13.3. The molecule has 0 unspecified atom stereocenters. The highest BCUT2D eigenvalue weighted by Crippen LogP contribution is 2.36. The first-order chi connectivity index (χ1) is 17.3. The summed E-state index contributed by atoms with van der Waals surface area (Å²) in [5.74, 6) is -2.06. The number of piperidine rings is 1. The molecule has 14 heteroatoms. The molecule has 0 N–H and O–H groups in total. The van der Waals surface area contributed by atoms with Gasteiger partial charge in [0.25, 0.3) is 0 Å². The molecular weight excluding hydrogens is 540 g/mol. The van der Waals surface area contributed by atoms with Gasteiger partial charge in [-0.25, -0.2) is 14.2 Å². The van der Waals surface area contributed by atoms with Gasteiger partial charge in [-0.2, -0.15) is 26.7 Å². The topological polar surface area (TPSA) is 94.4 Å². The summed E-state index contributed by atoms with van der Waals surface area (Å²) >= 11 is 5.67. The molecule has 198 valence electrons. The molecule has 1 saturated carbocycles. The van der Waals surface area contributed by atoms with Crippen LogP contribution < -0.4 is 4.90 Å². The van der Waals surface area contributed by atoms with Crippen LogP contribution in [0.15, 0.2) is 24.3 Å². The van der Waals surface area contributed by atoms with E-state index in [0.29, 0.717) is 55.4 Å². The zero-order valence-electron chi connectivity index (χ0n) is 19.4. The highest BCUT2D eigenvalue weighted by Gasteiger charge is 2.40. The standard InChI is InChI=1S/C23H21ClF4N4O4S/c1-12-15-10-16(22(33)36-37(34,35)14-2-3-14)18(25)11-19(15)32(30-12)13-6-8-31(9-7-13)20-5-4-17(24)21(29-20)23(26,27)28/h4-5,10-11,13-14H,2-3,6-9H2,1H3. The Morgan fingerprint density at radius 1 is 1.14 bits per heavy atom. The van der Waals surface area contributed by atoms with E-state index in [1.165, 1.54) is 18.2 Å². The molecule has 1 aliphatic heterocycles. The van der Waals surface area contributed by atoms with Crippen molar-refractivity contribution in [1.82, 2.24) is 14.8 Å². The molecule has 0 bridgehead atoms. The van der Waals surface area contributed by atoms with Crippen LogP contribution >= 0.6 is 11.6 Å². The average molecular weight is 561 g/mol. The lowest BCUT2D eigenvalue weighted by Crippen LogP contribution is -2.35. The predicted octanol–water partition coefficient (Wildman–Crippen LogP) is 5.04. The number of aryl methyl sites for hydroxylation is 1. The fourth-order valence-corrected chi connectivity index (χ4v) is 5.83. The Balaban J connectivity index is 1.36. The number of carbonyl (C=O) groups is 1. The third-order valence-corrected chi connectivity index (χ3v) is 8.53. The Morgan fingerprint density at radius 3 is 2.43 bits per heavy atom. The van der Waals surface area contributed by atoms with Crippen LogP contribution in [-0.2, 0) is 20.5 Å². The lowest BCUT2D eigenvalue weighted by molar-refractivity contribution is -0.141. The maximum atomic E-state index is 14.9. The minimum absolute atomic E-state index is 0.159. The zero-order valence-corrected chi connectivity index (χ0v) is 21.0. The van der Waals surface area contributed by atoms with Gasteiger partial charge in [-0.3, -0.25) is 4.68 Å². The van der Waals surface area contributed by atoms with Gasteiger partial charge in [0, 0.05) is 24.5 Å². The second-order valence-corrected chi connectivity index (χ2v) is 11.4. The highest BCUT2D eigenvalue weighted by atomic mass is 35.5. The fraction of sp³-hybridized carbons (Fsp3) is 0.435. The minimum Gasteiger partial charge on any atom is -0.356 e. The smallest absolute Gasteiger partial charge is 0.356 e. The Morgan fingerprint density at radius 2 is 1.81 bits per heavy atom.